The number of carbonyl (C=O) groups is 1. The van der Waals surface area contributed by atoms with Gasteiger partial charge in [0, 0.05) is 12.1 Å². The third kappa shape index (κ3) is 3.60. The van der Waals surface area contributed by atoms with Crippen LogP contribution in [0.5, 0.6) is 0 Å². The summed E-state index contributed by atoms with van der Waals surface area (Å²) in [5, 5.41) is 12.4. The van der Waals surface area contributed by atoms with Crippen molar-refractivity contribution in [1.82, 2.24) is 15.3 Å². The van der Waals surface area contributed by atoms with Crippen molar-refractivity contribution in [3.8, 4) is 0 Å². The number of benzene rings is 2. The first kappa shape index (κ1) is 17.7. The molecule has 0 bridgehead atoms. The number of imidazole rings is 1. The fraction of sp³-hybridized carbons (Fsp3) is 0.364. The summed E-state index contributed by atoms with van der Waals surface area (Å²) in [4.78, 5) is 19.6. The van der Waals surface area contributed by atoms with E-state index in [9.17, 15) is 9.90 Å². The molecular weight excluding hydrogens is 338 g/mol. The van der Waals surface area contributed by atoms with E-state index in [-0.39, 0.29) is 12.5 Å². The summed E-state index contributed by atoms with van der Waals surface area (Å²) in [7, 11) is 0. The van der Waals surface area contributed by atoms with Gasteiger partial charge in [-0.2, -0.15) is 0 Å². The van der Waals surface area contributed by atoms with Gasteiger partial charge in [-0.05, 0) is 66.0 Å². The normalized spacial score (nSPS) is 18.6. The third-order valence-corrected chi connectivity index (χ3v) is 5.68. The third-order valence-electron chi connectivity index (χ3n) is 5.68. The lowest BCUT2D eigenvalue weighted by atomic mass is 9.89. The Bertz CT molecular complexity index is 963. The zero-order valence-corrected chi connectivity index (χ0v) is 15.5. The summed E-state index contributed by atoms with van der Waals surface area (Å²) in [6, 6.07) is 11.8. The Balaban J connectivity index is 1.33. The number of H-pyrrole nitrogens is 1. The van der Waals surface area contributed by atoms with Crippen molar-refractivity contribution >= 4 is 16.9 Å². The van der Waals surface area contributed by atoms with Crippen LogP contribution in [0.25, 0.3) is 11.0 Å². The van der Waals surface area contributed by atoms with Crippen LogP contribution in [-0.4, -0.2) is 27.5 Å². The second-order valence-electron chi connectivity index (χ2n) is 7.51. The van der Waals surface area contributed by atoms with E-state index in [2.05, 4.69) is 34.3 Å². The zero-order chi connectivity index (χ0) is 18.8. The number of hydrogen-bond acceptors (Lipinski definition) is 3. The fourth-order valence-corrected chi connectivity index (χ4v) is 4.21. The van der Waals surface area contributed by atoms with Gasteiger partial charge in [-0.1, -0.05) is 25.1 Å². The van der Waals surface area contributed by atoms with Crippen molar-refractivity contribution in [1.29, 1.82) is 0 Å². The highest BCUT2D eigenvalue weighted by atomic mass is 16.3. The van der Waals surface area contributed by atoms with E-state index < -0.39 is 0 Å². The molecule has 1 aliphatic carbocycles. The van der Waals surface area contributed by atoms with Crippen molar-refractivity contribution < 1.29 is 9.90 Å². The Morgan fingerprint density at radius 1 is 1.30 bits per heavy atom. The second kappa shape index (κ2) is 7.53. The summed E-state index contributed by atoms with van der Waals surface area (Å²) in [5.41, 5.74) is 6.15. The minimum absolute atomic E-state index is 0.0473. The smallest absolute Gasteiger partial charge is 0.251 e. The van der Waals surface area contributed by atoms with E-state index in [0.717, 1.165) is 35.9 Å². The maximum absolute atomic E-state index is 12.4. The predicted molar refractivity (Wildman–Crippen MR) is 106 cm³/mol. The SMILES string of the molecule is C[C@H]1Cc2ccc(CO)cc2[C@H]1CCCNC(=O)c1ccc2nc[nH]c2c1. The number of aliphatic hydroxyl groups excluding tert-OH is 1. The number of amides is 1. The Kier molecular flexibility index (Phi) is 4.94. The minimum Gasteiger partial charge on any atom is -0.392 e. The van der Waals surface area contributed by atoms with E-state index in [1.54, 1.807) is 6.33 Å². The van der Waals surface area contributed by atoms with Crippen LogP contribution in [0.2, 0.25) is 0 Å². The molecule has 2 atom stereocenters. The Morgan fingerprint density at radius 3 is 3.04 bits per heavy atom. The average Bonchev–Trinajstić information content (AvgIpc) is 3.27. The van der Waals surface area contributed by atoms with Gasteiger partial charge in [0.2, 0.25) is 0 Å². The molecule has 5 nitrogen and oxygen atoms in total. The molecule has 0 radical (unpaired) electrons. The lowest BCUT2D eigenvalue weighted by Crippen LogP contribution is -2.24. The van der Waals surface area contributed by atoms with Crippen molar-refractivity contribution in [3.63, 3.8) is 0 Å². The number of aromatic amines is 1. The van der Waals surface area contributed by atoms with Crippen molar-refractivity contribution in [3.05, 3.63) is 65.0 Å². The number of fused-ring (bicyclic) bond motifs is 2. The van der Waals surface area contributed by atoms with E-state index in [4.69, 9.17) is 0 Å². The largest absolute Gasteiger partial charge is 0.392 e. The fourth-order valence-electron chi connectivity index (χ4n) is 4.21. The number of nitrogens with one attached hydrogen (secondary N) is 2. The van der Waals surface area contributed by atoms with E-state index in [1.807, 2.05) is 24.3 Å². The summed E-state index contributed by atoms with van der Waals surface area (Å²) >= 11 is 0. The molecule has 1 aromatic heterocycles. The molecular formula is C22H25N3O2. The van der Waals surface area contributed by atoms with Crippen LogP contribution in [0.15, 0.2) is 42.7 Å². The van der Waals surface area contributed by atoms with Crippen LogP contribution in [0.1, 0.15) is 52.7 Å². The zero-order valence-electron chi connectivity index (χ0n) is 15.5. The Hall–Kier alpha value is -2.66. The van der Waals surface area contributed by atoms with Crippen LogP contribution < -0.4 is 5.32 Å². The van der Waals surface area contributed by atoms with Crippen molar-refractivity contribution in [2.75, 3.05) is 6.54 Å². The molecule has 0 saturated carbocycles. The highest BCUT2D eigenvalue weighted by Gasteiger charge is 2.28. The molecule has 4 rings (SSSR count). The summed E-state index contributed by atoms with van der Waals surface area (Å²) in [6.45, 7) is 3.05. The highest BCUT2D eigenvalue weighted by Crippen LogP contribution is 2.41. The van der Waals surface area contributed by atoms with Crippen LogP contribution in [0.3, 0.4) is 0 Å². The molecule has 5 heteroatoms. The minimum atomic E-state index is -0.0473. The van der Waals surface area contributed by atoms with Crippen LogP contribution in [0, 0.1) is 5.92 Å². The van der Waals surface area contributed by atoms with Gasteiger partial charge < -0.3 is 15.4 Å². The maximum atomic E-state index is 12.4. The van der Waals surface area contributed by atoms with Crippen LogP contribution >= 0.6 is 0 Å². The molecule has 140 valence electrons. The molecule has 0 aliphatic heterocycles. The number of aromatic nitrogens is 2. The number of carbonyl (C=O) groups excluding carboxylic acids is 1. The quantitative estimate of drug-likeness (QED) is 0.586. The maximum Gasteiger partial charge on any atom is 0.251 e. The predicted octanol–water partition coefficient (Wildman–Crippen LogP) is 3.54. The van der Waals surface area contributed by atoms with Gasteiger partial charge >= 0.3 is 0 Å². The van der Waals surface area contributed by atoms with Gasteiger partial charge in [-0.25, -0.2) is 4.98 Å². The van der Waals surface area contributed by atoms with Gasteiger partial charge in [-0.3, -0.25) is 4.79 Å². The number of rotatable bonds is 6. The molecule has 2 aromatic carbocycles. The van der Waals surface area contributed by atoms with Gasteiger partial charge in [0.25, 0.3) is 5.91 Å². The van der Waals surface area contributed by atoms with Gasteiger partial charge in [0.05, 0.1) is 24.0 Å². The molecule has 0 spiro atoms. The first-order valence-corrected chi connectivity index (χ1v) is 9.59. The molecule has 1 aliphatic rings. The second-order valence-corrected chi connectivity index (χ2v) is 7.51. The van der Waals surface area contributed by atoms with Gasteiger partial charge in [0.15, 0.2) is 0 Å². The highest BCUT2D eigenvalue weighted by molar-refractivity contribution is 5.97. The van der Waals surface area contributed by atoms with E-state index in [1.165, 1.54) is 11.1 Å². The lowest BCUT2D eigenvalue weighted by Gasteiger charge is -2.17. The van der Waals surface area contributed by atoms with Gasteiger partial charge in [-0.15, -0.1) is 0 Å². The Labute approximate surface area is 158 Å². The van der Waals surface area contributed by atoms with Gasteiger partial charge in [0.1, 0.15) is 0 Å². The monoisotopic (exact) mass is 363 g/mol. The first-order valence-electron chi connectivity index (χ1n) is 9.59. The van der Waals surface area contributed by atoms with E-state index >= 15 is 0 Å². The summed E-state index contributed by atoms with van der Waals surface area (Å²) in [6.07, 6.45) is 4.72. The molecule has 27 heavy (non-hydrogen) atoms. The van der Waals surface area contributed by atoms with Crippen LogP contribution in [-0.2, 0) is 13.0 Å². The lowest BCUT2D eigenvalue weighted by molar-refractivity contribution is 0.0952. The molecule has 3 aromatic rings. The first-order chi connectivity index (χ1) is 13.2. The number of hydrogen-bond donors (Lipinski definition) is 3. The average molecular weight is 363 g/mol. The number of aliphatic hydroxyl groups is 1. The molecule has 0 unspecified atom stereocenters. The molecule has 1 heterocycles. The summed E-state index contributed by atoms with van der Waals surface area (Å²) < 4.78 is 0. The molecule has 0 fully saturated rings. The molecule has 3 N–H and O–H groups in total. The van der Waals surface area contributed by atoms with Crippen molar-refractivity contribution in [2.45, 2.75) is 38.7 Å². The molecule has 1 amide bonds. The number of nitrogens with zero attached hydrogens (tertiary/aromatic N) is 1. The van der Waals surface area contributed by atoms with Crippen molar-refractivity contribution in [2.24, 2.45) is 5.92 Å². The topological polar surface area (TPSA) is 78.0 Å². The molecule has 0 saturated heterocycles. The standard InChI is InChI=1S/C22H25N3O2/c1-14-9-16-5-4-15(12-26)10-19(16)18(14)3-2-8-23-22(27)17-6-7-20-21(11-17)25-13-24-20/h4-7,10-11,13-14,18,26H,2-3,8-9,12H2,1H3,(H,23,27)(H,24,25)/t14-,18-/m0/s1. The van der Waals surface area contributed by atoms with E-state index in [0.29, 0.717) is 23.9 Å². The summed E-state index contributed by atoms with van der Waals surface area (Å²) in [5.74, 6) is 1.06. The Morgan fingerprint density at radius 2 is 2.19 bits per heavy atom. The van der Waals surface area contributed by atoms with Crippen LogP contribution in [0.4, 0.5) is 0 Å².